The maximum atomic E-state index is 12.5. The van der Waals surface area contributed by atoms with Gasteiger partial charge in [0.15, 0.2) is 0 Å². The largest absolute Gasteiger partial charge is 0.328 e. The standard InChI is InChI=1S/C18H21NOS/c1-4-16(20)19-13(3)10-15-12(2)11-21-18(15)17(19)14-8-6-5-7-9-14/h5-9,11,13,17H,4,10H2,1-3H3/t13-,17-/m0/s1. The van der Waals surface area contributed by atoms with Gasteiger partial charge in [-0.15, -0.1) is 11.3 Å². The number of hydrogen-bond donors (Lipinski definition) is 0. The molecule has 0 aliphatic carbocycles. The summed E-state index contributed by atoms with van der Waals surface area (Å²) in [6.07, 6.45) is 1.53. The number of nitrogens with zero attached hydrogens (tertiary/aromatic N) is 1. The second-order valence-corrected chi connectivity index (χ2v) is 6.69. The minimum Gasteiger partial charge on any atom is -0.328 e. The first-order valence-electron chi connectivity index (χ1n) is 7.56. The van der Waals surface area contributed by atoms with Crippen molar-refractivity contribution in [1.29, 1.82) is 0 Å². The Balaban J connectivity index is 2.15. The molecule has 21 heavy (non-hydrogen) atoms. The highest BCUT2D eigenvalue weighted by Gasteiger charge is 2.37. The second-order valence-electron chi connectivity index (χ2n) is 5.78. The van der Waals surface area contributed by atoms with Crippen molar-refractivity contribution in [1.82, 2.24) is 4.90 Å². The fourth-order valence-corrected chi connectivity index (χ4v) is 4.48. The summed E-state index contributed by atoms with van der Waals surface area (Å²) in [6.45, 7) is 6.30. The number of hydrogen-bond acceptors (Lipinski definition) is 2. The van der Waals surface area contributed by atoms with Gasteiger partial charge in [-0.3, -0.25) is 4.79 Å². The molecule has 3 heteroatoms. The van der Waals surface area contributed by atoms with E-state index in [9.17, 15) is 4.79 Å². The molecule has 1 aromatic heterocycles. The fraction of sp³-hybridized carbons (Fsp3) is 0.389. The van der Waals surface area contributed by atoms with Crippen LogP contribution in [0, 0.1) is 6.92 Å². The van der Waals surface area contributed by atoms with Crippen molar-refractivity contribution < 1.29 is 4.79 Å². The lowest BCUT2D eigenvalue weighted by Crippen LogP contribution is -2.45. The van der Waals surface area contributed by atoms with Crippen molar-refractivity contribution in [2.24, 2.45) is 0 Å². The summed E-state index contributed by atoms with van der Waals surface area (Å²) in [5, 5.41) is 2.23. The predicted molar refractivity (Wildman–Crippen MR) is 87.6 cm³/mol. The first kappa shape index (κ1) is 14.3. The van der Waals surface area contributed by atoms with Crippen LogP contribution in [0.4, 0.5) is 0 Å². The molecular formula is C18H21NOS. The zero-order valence-corrected chi connectivity index (χ0v) is 13.6. The molecule has 1 aromatic carbocycles. The van der Waals surface area contributed by atoms with E-state index in [1.54, 1.807) is 11.3 Å². The number of thiophene rings is 1. The zero-order valence-electron chi connectivity index (χ0n) is 12.8. The molecule has 0 bridgehead atoms. The Morgan fingerprint density at radius 1 is 1.33 bits per heavy atom. The average Bonchev–Trinajstić information content (AvgIpc) is 2.87. The smallest absolute Gasteiger partial charge is 0.223 e. The van der Waals surface area contributed by atoms with E-state index in [0.29, 0.717) is 6.42 Å². The van der Waals surface area contributed by atoms with Crippen LogP contribution in [0.2, 0.25) is 0 Å². The molecule has 2 nitrogen and oxygen atoms in total. The second kappa shape index (κ2) is 5.64. The molecule has 0 radical (unpaired) electrons. The summed E-state index contributed by atoms with van der Waals surface area (Å²) in [5.41, 5.74) is 4.03. The Bertz CT molecular complexity index is 646. The SMILES string of the molecule is CCC(=O)N1[C@@H](c2ccccc2)c2scc(C)c2C[C@@H]1C. The van der Waals surface area contributed by atoms with E-state index in [-0.39, 0.29) is 18.0 Å². The van der Waals surface area contributed by atoms with Crippen LogP contribution < -0.4 is 0 Å². The lowest BCUT2D eigenvalue weighted by atomic mass is 9.89. The monoisotopic (exact) mass is 299 g/mol. The van der Waals surface area contributed by atoms with E-state index in [4.69, 9.17) is 0 Å². The summed E-state index contributed by atoms with van der Waals surface area (Å²) in [5.74, 6) is 0.244. The van der Waals surface area contributed by atoms with Crippen molar-refractivity contribution in [3.8, 4) is 0 Å². The van der Waals surface area contributed by atoms with Gasteiger partial charge in [-0.05, 0) is 42.3 Å². The molecule has 2 atom stereocenters. The third kappa shape index (κ3) is 2.40. The minimum atomic E-state index is 0.0797. The molecule has 0 spiro atoms. The highest BCUT2D eigenvalue weighted by atomic mass is 32.1. The van der Waals surface area contributed by atoms with Crippen LogP contribution in [0.3, 0.4) is 0 Å². The van der Waals surface area contributed by atoms with Gasteiger partial charge in [0.2, 0.25) is 5.91 Å². The predicted octanol–water partition coefficient (Wildman–Crippen LogP) is 4.33. The summed E-state index contributed by atoms with van der Waals surface area (Å²) in [6, 6.07) is 10.8. The summed E-state index contributed by atoms with van der Waals surface area (Å²) in [4.78, 5) is 15.9. The van der Waals surface area contributed by atoms with Crippen molar-refractivity contribution in [3.05, 3.63) is 57.3 Å². The number of aryl methyl sites for hydroxylation is 1. The van der Waals surface area contributed by atoms with Crippen molar-refractivity contribution in [3.63, 3.8) is 0 Å². The Morgan fingerprint density at radius 2 is 2.05 bits per heavy atom. The van der Waals surface area contributed by atoms with E-state index < -0.39 is 0 Å². The van der Waals surface area contributed by atoms with Crippen LogP contribution in [0.1, 0.15) is 47.9 Å². The van der Waals surface area contributed by atoms with Gasteiger partial charge in [-0.1, -0.05) is 37.3 Å². The molecule has 2 aromatic rings. The number of carbonyl (C=O) groups excluding carboxylic acids is 1. The highest BCUT2D eigenvalue weighted by molar-refractivity contribution is 7.10. The summed E-state index contributed by atoms with van der Waals surface area (Å²) >= 11 is 1.79. The van der Waals surface area contributed by atoms with Gasteiger partial charge in [0.1, 0.15) is 0 Å². The Kier molecular flexibility index (Phi) is 3.85. The highest BCUT2D eigenvalue weighted by Crippen LogP contribution is 2.42. The normalized spacial score (nSPS) is 21.2. The van der Waals surface area contributed by atoms with Crippen molar-refractivity contribution >= 4 is 17.2 Å². The topological polar surface area (TPSA) is 20.3 Å². The van der Waals surface area contributed by atoms with Gasteiger partial charge in [-0.2, -0.15) is 0 Å². The number of amides is 1. The number of fused-ring (bicyclic) bond motifs is 1. The molecule has 110 valence electrons. The van der Waals surface area contributed by atoms with Crippen LogP contribution in [-0.4, -0.2) is 16.8 Å². The van der Waals surface area contributed by atoms with Gasteiger partial charge >= 0.3 is 0 Å². The van der Waals surface area contributed by atoms with Crippen LogP contribution in [0.15, 0.2) is 35.7 Å². The van der Waals surface area contributed by atoms with Gasteiger partial charge in [0, 0.05) is 17.3 Å². The number of rotatable bonds is 2. The molecule has 2 heterocycles. The molecule has 1 aliphatic heterocycles. The van der Waals surface area contributed by atoms with Crippen LogP contribution in [0.25, 0.3) is 0 Å². The lowest BCUT2D eigenvalue weighted by molar-refractivity contribution is -0.135. The zero-order chi connectivity index (χ0) is 15.0. The first-order chi connectivity index (χ1) is 10.1. The molecule has 1 aliphatic rings. The quantitative estimate of drug-likeness (QED) is 0.808. The van der Waals surface area contributed by atoms with Crippen LogP contribution in [-0.2, 0) is 11.2 Å². The van der Waals surface area contributed by atoms with Crippen LogP contribution in [0.5, 0.6) is 0 Å². The fourth-order valence-electron chi connectivity index (χ4n) is 3.27. The Hall–Kier alpha value is -1.61. The molecule has 1 amide bonds. The van der Waals surface area contributed by atoms with E-state index in [0.717, 1.165) is 6.42 Å². The molecule has 3 rings (SSSR count). The van der Waals surface area contributed by atoms with E-state index in [2.05, 4.69) is 48.4 Å². The van der Waals surface area contributed by atoms with Gasteiger partial charge < -0.3 is 4.90 Å². The lowest BCUT2D eigenvalue weighted by Gasteiger charge is -2.41. The molecule has 0 N–H and O–H groups in total. The third-order valence-corrected chi connectivity index (χ3v) is 5.54. The summed E-state index contributed by atoms with van der Waals surface area (Å²) < 4.78 is 0. The van der Waals surface area contributed by atoms with Gasteiger partial charge in [0.25, 0.3) is 0 Å². The summed E-state index contributed by atoms with van der Waals surface area (Å²) in [7, 11) is 0. The molecule has 0 fully saturated rings. The maximum absolute atomic E-state index is 12.5. The average molecular weight is 299 g/mol. The molecular weight excluding hydrogens is 278 g/mol. The van der Waals surface area contributed by atoms with Gasteiger partial charge in [0.05, 0.1) is 6.04 Å². The molecule has 0 saturated heterocycles. The van der Waals surface area contributed by atoms with E-state index >= 15 is 0 Å². The molecule has 0 unspecified atom stereocenters. The Labute approximate surface area is 130 Å². The van der Waals surface area contributed by atoms with E-state index in [1.807, 2.05) is 13.0 Å². The van der Waals surface area contributed by atoms with E-state index in [1.165, 1.54) is 21.6 Å². The first-order valence-corrected chi connectivity index (χ1v) is 8.44. The number of benzene rings is 1. The van der Waals surface area contributed by atoms with Gasteiger partial charge in [-0.25, -0.2) is 0 Å². The third-order valence-electron chi connectivity index (χ3n) is 4.34. The van der Waals surface area contributed by atoms with Crippen LogP contribution >= 0.6 is 11.3 Å². The molecule has 0 saturated carbocycles. The maximum Gasteiger partial charge on any atom is 0.223 e. The number of carbonyl (C=O) groups is 1. The van der Waals surface area contributed by atoms with Crippen molar-refractivity contribution in [2.45, 2.75) is 45.7 Å². The van der Waals surface area contributed by atoms with Crippen molar-refractivity contribution in [2.75, 3.05) is 0 Å². The Morgan fingerprint density at radius 3 is 2.71 bits per heavy atom. The minimum absolute atomic E-state index is 0.0797.